The van der Waals surface area contributed by atoms with Gasteiger partial charge in [0.25, 0.3) is 5.91 Å². The molecule has 0 aliphatic carbocycles. The van der Waals surface area contributed by atoms with Crippen molar-refractivity contribution in [1.29, 1.82) is 0 Å². The van der Waals surface area contributed by atoms with E-state index in [9.17, 15) is 14.4 Å². The second-order valence-corrected chi connectivity index (χ2v) is 11.5. The van der Waals surface area contributed by atoms with E-state index in [0.29, 0.717) is 5.75 Å². The first-order valence-corrected chi connectivity index (χ1v) is 14.9. The van der Waals surface area contributed by atoms with Gasteiger partial charge in [0.15, 0.2) is 16.9 Å². The Balaban J connectivity index is 1.29. The molecule has 3 atom stereocenters. The normalized spacial score (nSPS) is 22.0. The second kappa shape index (κ2) is 12.1. The molecule has 2 saturated heterocycles. The number of amides is 2. The number of thioether (sulfide) groups is 1. The summed E-state index contributed by atoms with van der Waals surface area (Å²) in [6.45, 7) is 6.01. The van der Waals surface area contributed by atoms with Gasteiger partial charge in [0.2, 0.25) is 5.91 Å². The molecule has 212 valence electrons. The number of oxime groups is 1. The Morgan fingerprint density at radius 1 is 1.22 bits per heavy atom. The smallest absolute Gasteiger partial charge is 0.319 e. The van der Waals surface area contributed by atoms with E-state index in [-0.39, 0.29) is 41.0 Å². The zero-order valence-corrected chi connectivity index (χ0v) is 23.9. The molecule has 0 bridgehead atoms. The van der Waals surface area contributed by atoms with Crippen molar-refractivity contribution < 1.29 is 24.0 Å². The molecule has 2 amide bonds. The molecule has 0 spiro atoms. The Bertz CT molecular complexity index is 1420. The SMILES string of the molecule is C=CC1(C(=O)OC(c2ccccc2)c2ccccc2)CS[C@@H]2C(NC(=O)C(=NOCC)c3csc(N)n3)C(=O)N2C1. The highest BCUT2D eigenvalue weighted by Gasteiger charge is 2.57. The van der Waals surface area contributed by atoms with Gasteiger partial charge in [-0.2, -0.15) is 0 Å². The molecule has 5 rings (SSSR count). The van der Waals surface area contributed by atoms with Crippen LogP contribution in [0.15, 0.2) is 83.9 Å². The number of thiazole rings is 1. The van der Waals surface area contributed by atoms with Gasteiger partial charge < -0.3 is 25.5 Å². The van der Waals surface area contributed by atoms with Crippen LogP contribution in [0.25, 0.3) is 0 Å². The number of nitrogen functional groups attached to an aromatic ring is 1. The summed E-state index contributed by atoms with van der Waals surface area (Å²) < 4.78 is 6.13. The number of hydrogen-bond acceptors (Lipinski definition) is 10. The number of β-lactam (4-membered cyclic amide) rings is 1. The van der Waals surface area contributed by atoms with Crippen LogP contribution in [0.5, 0.6) is 0 Å². The van der Waals surface area contributed by atoms with Crippen molar-refractivity contribution in [2.45, 2.75) is 24.4 Å². The first-order chi connectivity index (χ1) is 19.9. The average Bonchev–Trinajstić information content (AvgIpc) is 3.44. The molecule has 2 fully saturated rings. The Morgan fingerprint density at radius 3 is 2.44 bits per heavy atom. The topological polar surface area (TPSA) is 136 Å². The number of esters is 1. The maximum absolute atomic E-state index is 13.7. The standard InChI is InChI=1S/C29H29N5O5S2/c1-3-29(27(37)39-23(18-11-7-5-8-12-18)19-13-9-6-10-14-19)16-34-25(36)22(26(34)41-17-29)32-24(35)21(33-38-4-2)20-15-40-28(30)31-20/h3,5-15,22-23,26H,1,4,16-17H2,2H3,(H2,30,31)(H,32,35)/t22?,26-,29?/m1/s1. The Morgan fingerprint density at radius 2 is 1.88 bits per heavy atom. The molecular formula is C29H29N5O5S2. The van der Waals surface area contributed by atoms with Gasteiger partial charge in [-0.25, -0.2) is 4.98 Å². The number of carbonyl (C=O) groups excluding carboxylic acids is 3. The number of ether oxygens (including phenoxy) is 1. The minimum Gasteiger partial charge on any atom is -0.452 e. The number of nitrogens with two attached hydrogens (primary N) is 1. The van der Waals surface area contributed by atoms with Crippen LogP contribution < -0.4 is 11.1 Å². The van der Waals surface area contributed by atoms with E-state index in [1.165, 1.54) is 11.8 Å². The quantitative estimate of drug-likeness (QED) is 0.120. The monoisotopic (exact) mass is 591 g/mol. The maximum Gasteiger partial charge on any atom is 0.319 e. The van der Waals surface area contributed by atoms with Gasteiger partial charge in [0, 0.05) is 17.7 Å². The van der Waals surface area contributed by atoms with Crippen molar-refractivity contribution in [3.63, 3.8) is 0 Å². The molecule has 2 aliphatic rings. The number of rotatable bonds is 10. The molecule has 3 heterocycles. The van der Waals surface area contributed by atoms with Crippen molar-refractivity contribution in [2.24, 2.45) is 10.6 Å². The summed E-state index contributed by atoms with van der Waals surface area (Å²) in [5.74, 6) is -1.06. The number of hydrogen-bond donors (Lipinski definition) is 2. The molecule has 12 heteroatoms. The molecule has 10 nitrogen and oxygen atoms in total. The summed E-state index contributed by atoms with van der Waals surface area (Å²) in [5, 5.41) is 8.16. The van der Waals surface area contributed by atoms with Crippen LogP contribution in [0.2, 0.25) is 0 Å². The van der Waals surface area contributed by atoms with E-state index in [2.05, 4.69) is 22.0 Å². The van der Waals surface area contributed by atoms with Gasteiger partial charge >= 0.3 is 5.97 Å². The largest absolute Gasteiger partial charge is 0.452 e. The van der Waals surface area contributed by atoms with Crippen LogP contribution in [0.1, 0.15) is 29.8 Å². The molecule has 2 unspecified atom stereocenters. The fourth-order valence-corrected chi connectivity index (χ4v) is 6.75. The zero-order valence-electron chi connectivity index (χ0n) is 22.3. The summed E-state index contributed by atoms with van der Waals surface area (Å²) in [6.07, 6.45) is 0.941. The highest BCUT2D eigenvalue weighted by Crippen LogP contribution is 2.44. The molecule has 41 heavy (non-hydrogen) atoms. The summed E-state index contributed by atoms with van der Waals surface area (Å²) in [7, 11) is 0. The molecular weight excluding hydrogens is 562 g/mol. The summed E-state index contributed by atoms with van der Waals surface area (Å²) in [4.78, 5) is 50.8. The lowest BCUT2D eigenvalue weighted by molar-refractivity contribution is -0.162. The van der Waals surface area contributed by atoms with E-state index in [1.54, 1.807) is 23.3 Å². The molecule has 3 aromatic rings. The number of aromatic nitrogens is 1. The summed E-state index contributed by atoms with van der Waals surface area (Å²) in [5.41, 5.74) is 6.47. The van der Waals surface area contributed by atoms with Crippen LogP contribution >= 0.6 is 23.1 Å². The number of fused-ring (bicyclic) bond motifs is 1. The van der Waals surface area contributed by atoms with Crippen LogP contribution in [0.3, 0.4) is 0 Å². The number of nitrogens with one attached hydrogen (secondary N) is 1. The Kier molecular flexibility index (Phi) is 8.41. The van der Waals surface area contributed by atoms with Crippen LogP contribution in [-0.2, 0) is 24.0 Å². The van der Waals surface area contributed by atoms with Crippen LogP contribution in [0.4, 0.5) is 5.13 Å². The summed E-state index contributed by atoms with van der Waals surface area (Å²) >= 11 is 2.55. The van der Waals surface area contributed by atoms with Crippen molar-refractivity contribution in [3.05, 3.63) is 95.5 Å². The zero-order chi connectivity index (χ0) is 29.0. The fraction of sp³-hybridized carbons (Fsp3) is 0.276. The van der Waals surface area contributed by atoms with Crippen molar-refractivity contribution >= 4 is 51.7 Å². The van der Waals surface area contributed by atoms with E-state index >= 15 is 0 Å². The first kappa shape index (κ1) is 28.4. The lowest BCUT2D eigenvalue weighted by Crippen LogP contribution is -2.73. The van der Waals surface area contributed by atoms with E-state index < -0.39 is 29.4 Å². The molecule has 2 aromatic carbocycles. The number of anilines is 1. The molecule has 0 saturated carbocycles. The van der Waals surface area contributed by atoms with Crippen LogP contribution in [0, 0.1) is 5.41 Å². The van der Waals surface area contributed by atoms with Crippen LogP contribution in [-0.4, -0.2) is 63.7 Å². The van der Waals surface area contributed by atoms with E-state index in [1.807, 2.05) is 60.7 Å². The van der Waals surface area contributed by atoms with E-state index in [4.69, 9.17) is 15.3 Å². The fourth-order valence-electron chi connectivity index (χ4n) is 4.67. The van der Waals surface area contributed by atoms with Gasteiger partial charge in [-0.3, -0.25) is 14.4 Å². The predicted molar refractivity (Wildman–Crippen MR) is 158 cm³/mol. The predicted octanol–water partition coefficient (Wildman–Crippen LogP) is 3.37. The van der Waals surface area contributed by atoms with Gasteiger partial charge in [0.05, 0.1) is 0 Å². The highest BCUT2D eigenvalue weighted by molar-refractivity contribution is 8.00. The maximum atomic E-state index is 13.7. The average molecular weight is 592 g/mol. The number of benzene rings is 2. The van der Waals surface area contributed by atoms with E-state index in [0.717, 1.165) is 22.5 Å². The van der Waals surface area contributed by atoms with Crippen molar-refractivity contribution in [3.8, 4) is 0 Å². The molecule has 0 radical (unpaired) electrons. The van der Waals surface area contributed by atoms with Gasteiger partial charge in [-0.05, 0) is 18.1 Å². The van der Waals surface area contributed by atoms with Gasteiger partial charge in [-0.1, -0.05) is 71.9 Å². The third-order valence-corrected chi connectivity index (χ3v) is 9.11. The Hall–Kier alpha value is -4.16. The minimum atomic E-state index is -1.12. The van der Waals surface area contributed by atoms with Crippen molar-refractivity contribution in [2.75, 3.05) is 24.6 Å². The number of nitrogens with zero attached hydrogens (tertiary/aromatic N) is 3. The lowest BCUT2D eigenvalue weighted by Gasteiger charge is -2.53. The molecule has 1 aromatic heterocycles. The Labute approximate surface area is 245 Å². The third-order valence-electron chi connectivity index (χ3n) is 6.88. The second-order valence-electron chi connectivity index (χ2n) is 9.51. The van der Waals surface area contributed by atoms with Gasteiger partial charge in [-0.15, -0.1) is 29.7 Å². The molecule has 2 aliphatic heterocycles. The third kappa shape index (κ3) is 5.70. The van der Waals surface area contributed by atoms with Gasteiger partial charge in [0.1, 0.15) is 29.1 Å². The minimum absolute atomic E-state index is 0.0660. The number of carbonyl (C=O) groups is 3. The molecule has 3 N–H and O–H groups in total. The van der Waals surface area contributed by atoms with Crippen molar-refractivity contribution in [1.82, 2.24) is 15.2 Å². The first-order valence-electron chi connectivity index (χ1n) is 13.0. The highest BCUT2D eigenvalue weighted by atomic mass is 32.2. The lowest BCUT2D eigenvalue weighted by atomic mass is 9.87. The summed E-state index contributed by atoms with van der Waals surface area (Å²) in [6, 6.07) is 18.2.